The molecule has 0 aromatic heterocycles. The molecule has 3 nitrogen and oxygen atoms in total. The summed E-state index contributed by atoms with van der Waals surface area (Å²) >= 11 is 0. The zero-order valence-electron chi connectivity index (χ0n) is 8.24. The van der Waals surface area contributed by atoms with Crippen molar-refractivity contribution in [1.82, 2.24) is 5.32 Å². The van der Waals surface area contributed by atoms with E-state index in [0.29, 0.717) is 5.56 Å². The number of nitrogens with one attached hydrogen (secondary N) is 1. The molecule has 0 fully saturated rings. The van der Waals surface area contributed by atoms with Crippen LogP contribution in [0.1, 0.15) is 18.1 Å². The van der Waals surface area contributed by atoms with E-state index in [9.17, 15) is 9.90 Å². The van der Waals surface area contributed by atoms with Crippen molar-refractivity contribution < 1.29 is 9.90 Å². The average Bonchev–Trinajstić information content (AvgIpc) is 2.15. The van der Waals surface area contributed by atoms with Crippen molar-refractivity contribution in [2.75, 3.05) is 0 Å². The first-order chi connectivity index (χ1) is 6.59. The summed E-state index contributed by atoms with van der Waals surface area (Å²) in [5, 5.41) is 11.9. The van der Waals surface area contributed by atoms with Crippen molar-refractivity contribution in [2.24, 2.45) is 0 Å². The molecule has 0 aliphatic carbocycles. The van der Waals surface area contributed by atoms with Gasteiger partial charge in [0.1, 0.15) is 5.76 Å². The Hall–Kier alpha value is -1.77. The Bertz CT molecular complexity index is 352. The largest absolute Gasteiger partial charge is 0.506 e. The summed E-state index contributed by atoms with van der Waals surface area (Å²) in [6.45, 7) is 3.36. The van der Waals surface area contributed by atoms with Gasteiger partial charge >= 0.3 is 0 Å². The SMILES string of the molecule is CC(=O)N/C=C(\O)c1ccc(C)cc1. The van der Waals surface area contributed by atoms with Gasteiger partial charge in [0.2, 0.25) is 5.91 Å². The Kier molecular flexibility index (Phi) is 3.29. The smallest absolute Gasteiger partial charge is 0.220 e. The van der Waals surface area contributed by atoms with Gasteiger partial charge in [0.05, 0.1) is 0 Å². The van der Waals surface area contributed by atoms with Gasteiger partial charge in [-0.2, -0.15) is 0 Å². The fourth-order valence-electron chi connectivity index (χ4n) is 0.978. The summed E-state index contributed by atoms with van der Waals surface area (Å²) in [4.78, 5) is 10.6. The van der Waals surface area contributed by atoms with Gasteiger partial charge < -0.3 is 10.4 Å². The van der Waals surface area contributed by atoms with Crippen LogP contribution in [0.15, 0.2) is 30.5 Å². The summed E-state index contributed by atoms with van der Waals surface area (Å²) in [6, 6.07) is 7.38. The summed E-state index contributed by atoms with van der Waals surface area (Å²) in [5.74, 6) is -0.149. The molecular weight excluding hydrogens is 178 g/mol. The highest BCUT2D eigenvalue weighted by molar-refractivity contribution is 5.75. The molecule has 2 N–H and O–H groups in total. The maximum Gasteiger partial charge on any atom is 0.220 e. The number of aryl methyl sites for hydroxylation is 1. The second-order valence-electron chi connectivity index (χ2n) is 3.10. The highest BCUT2D eigenvalue weighted by Gasteiger charge is 1.97. The Balaban J connectivity index is 2.78. The normalized spacial score (nSPS) is 11.1. The molecule has 14 heavy (non-hydrogen) atoms. The Morgan fingerprint density at radius 1 is 1.36 bits per heavy atom. The lowest BCUT2D eigenvalue weighted by Crippen LogP contribution is -2.12. The van der Waals surface area contributed by atoms with E-state index in [1.54, 1.807) is 12.1 Å². The standard InChI is InChI=1S/C11H13NO2/c1-8-3-5-10(6-4-8)11(14)7-12-9(2)13/h3-7,14H,1-2H3,(H,12,13)/b11-7-. The van der Waals surface area contributed by atoms with Crippen LogP contribution in [-0.4, -0.2) is 11.0 Å². The van der Waals surface area contributed by atoms with Gasteiger partial charge in [-0.1, -0.05) is 29.8 Å². The second kappa shape index (κ2) is 4.46. The maximum atomic E-state index is 10.6. The minimum Gasteiger partial charge on any atom is -0.506 e. The molecule has 0 saturated heterocycles. The summed E-state index contributed by atoms with van der Waals surface area (Å²) in [5.41, 5.74) is 1.81. The Labute approximate surface area is 83.1 Å². The Morgan fingerprint density at radius 2 is 1.93 bits per heavy atom. The number of aliphatic hydroxyl groups excluding tert-OH is 1. The predicted octanol–water partition coefficient (Wildman–Crippen LogP) is 1.99. The molecule has 0 spiro atoms. The van der Waals surface area contributed by atoms with Crippen molar-refractivity contribution in [1.29, 1.82) is 0 Å². The van der Waals surface area contributed by atoms with E-state index in [-0.39, 0.29) is 11.7 Å². The van der Waals surface area contributed by atoms with Gasteiger partial charge in [0.15, 0.2) is 0 Å². The van der Waals surface area contributed by atoms with E-state index in [4.69, 9.17) is 0 Å². The topological polar surface area (TPSA) is 49.3 Å². The number of benzene rings is 1. The van der Waals surface area contributed by atoms with Gasteiger partial charge in [-0.15, -0.1) is 0 Å². The molecule has 0 saturated carbocycles. The molecule has 0 aliphatic rings. The van der Waals surface area contributed by atoms with Gasteiger partial charge in [0, 0.05) is 18.7 Å². The Morgan fingerprint density at radius 3 is 2.43 bits per heavy atom. The van der Waals surface area contributed by atoms with Crippen molar-refractivity contribution in [3.63, 3.8) is 0 Å². The van der Waals surface area contributed by atoms with Gasteiger partial charge in [-0.3, -0.25) is 4.79 Å². The zero-order chi connectivity index (χ0) is 10.6. The van der Waals surface area contributed by atoms with Crippen LogP contribution in [0.3, 0.4) is 0 Å². The monoisotopic (exact) mass is 191 g/mol. The molecule has 74 valence electrons. The molecule has 3 heteroatoms. The van der Waals surface area contributed by atoms with Gasteiger partial charge in [-0.05, 0) is 6.92 Å². The zero-order valence-corrected chi connectivity index (χ0v) is 8.24. The third-order valence-corrected chi connectivity index (χ3v) is 1.76. The molecule has 0 atom stereocenters. The van der Waals surface area contributed by atoms with Crippen LogP contribution in [0, 0.1) is 6.92 Å². The van der Waals surface area contributed by atoms with Crippen LogP contribution in [-0.2, 0) is 4.79 Å². The van der Waals surface area contributed by atoms with Crippen LogP contribution < -0.4 is 5.32 Å². The maximum absolute atomic E-state index is 10.6. The van der Waals surface area contributed by atoms with Crippen molar-refractivity contribution in [2.45, 2.75) is 13.8 Å². The molecule has 0 unspecified atom stereocenters. The van der Waals surface area contributed by atoms with E-state index in [2.05, 4.69) is 5.32 Å². The van der Waals surface area contributed by atoms with E-state index in [0.717, 1.165) is 5.56 Å². The molecule has 0 heterocycles. The third-order valence-electron chi connectivity index (χ3n) is 1.76. The molecular formula is C11H13NO2. The van der Waals surface area contributed by atoms with Crippen LogP contribution in [0.5, 0.6) is 0 Å². The van der Waals surface area contributed by atoms with E-state index in [1.807, 2.05) is 19.1 Å². The summed E-state index contributed by atoms with van der Waals surface area (Å²) in [7, 11) is 0. The fourth-order valence-corrected chi connectivity index (χ4v) is 0.978. The molecule has 1 amide bonds. The van der Waals surface area contributed by atoms with E-state index < -0.39 is 0 Å². The lowest BCUT2D eigenvalue weighted by Gasteiger charge is -2.01. The highest BCUT2D eigenvalue weighted by atomic mass is 16.3. The van der Waals surface area contributed by atoms with Crippen molar-refractivity contribution >= 4 is 11.7 Å². The lowest BCUT2D eigenvalue weighted by atomic mass is 10.1. The number of carbonyl (C=O) groups is 1. The lowest BCUT2D eigenvalue weighted by molar-refractivity contribution is -0.118. The number of hydrogen-bond acceptors (Lipinski definition) is 2. The number of amides is 1. The highest BCUT2D eigenvalue weighted by Crippen LogP contribution is 2.10. The van der Waals surface area contributed by atoms with Crippen LogP contribution in [0.4, 0.5) is 0 Å². The second-order valence-corrected chi connectivity index (χ2v) is 3.10. The fraction of sp³-hybridized carbons (Fsp3) is 0.182. The van der Waals surface area contributed by atoms with Crippen molar-refractivity contribution in [3.8, 4) is 0 Å². The van der Waals surface area contributed by atoms with Crippen LogP contribution >= 0.6 is 0 Å². The van der Waals surface area contributed by atoms with E-state index in [1.165, 1.54) is 13.1 Å². The third kappa shape index (κ3) is 2.94. The van der Waals surface area contributed by atoms with Crippen LogP contribution in [0.2, 0.25) is 0 Å². The summed E-state index contributed by atoms with van der Waals surface area (Å²) in [6.07, 6.45) is 1.28. The number of carbonyl (C=O) groups excluding carboxylic acids is 1. The van der Waals surface area contributed by atoms with Crippen molar-refractivity contribution in [3.05, 3.63) is 41.6 Å². The quantitative estimate of drug-likeness (QED) is 0.702. The van der Waals surface area contributed by atoms with Crippen LogP contribution in [0.25, 0.3) is 5.76 Å². The van der Waals surface area contributed by atoms with E-state index >= 15 is 0 Å². The molecule has 1 rings (SSSR count). The number of hydrogen-bond donors (Lipinski definition) is 2. The first-order valence-corrected chi connectivity index (χ1v) is 4.33. The molecule has 1 aromatic rings. The molecule has 0 aliphatic heterocycles. The number of aliphatic hydroxyl groups is 1. The molecule has 0 bridgehead atoms. The minimum atomic E-state index is -0.205. The summed E-state index contributed by atoms with van der Waals surface area (Å²) < 4.78 is 0. The number of rotatable bonds is 2. The van der Waals surface area contributed by atoms with Gasteiger partial charge in [-0.25, -0.2) is 0 Å². The molecule has 1 aromatic carbocycles. The predicted molar refractivity (Wildman–Crippen MR) is 55.6 cm³/mol. The first kappa shape index (κ1) is 10.3. The minimum absolute atomic E-state index is 0.0557. The molecule has 0 radical (unpaired) electrons. The average molecular weight is 191 g/mol. The first-order valence-electron chi connectivity index (χ1n) is 4.33. The van der Waals surface area contributed by atoms with Gasteiger partial charge in [0.25, 0.3) is 0 Å².